The van der Waals surface area contributed by atoms with Gasteiger partial charge in [-0.15, -0.1) is 24.8 Å². The summed E-state index contributed by atoms with van der Waals surface area (Å²) in [5.41, 5.74) is 12.8. The molecule has 0 saturated heterocycles. The number of amides is 4. The van der Waals surface area contributed by atoms with E-state index in [1.807, 2.05) is 57.2 Å². The van der Waals surface area contributed by atoms with E-state index in [-0.39, 0.29) is 217 Å². The van der Waals surface area contributed by atoms with Crippen LogP contribution in [0.3, 0.4) is 0 Å². The number of carboxylic acids is 1. The molecule has 0 saturated carbocycles. The molecule has 4 amide bonds. The Balaban J connectivity index is 0. The van der Waals surface area contributed by atoms with E-state index >= 15 is 0 Å². The molecule has 7 aromatic carbocycles. The van der Waals surface area contributed by atoms with Crippen LogP contribution < -0.4 is 201 Å². The summed E-state index contributed by atoms with van der Waals surface area (Å²) in [6.07, 6.45) is 0.500. The number of urea groups is 2. The number of rotatable bonds is 12. The van der Waals surface area contributed by atoms with E-state index in [0.717, 1.165) is 28.9 Å². The van der Waals surface area contributed by atoms with Crippen LogP contribution in [0.15, 0.2) is 154 Å². The summed E-state index contributed by atoms with van der Waals surface area (Å²) in [4.78, 5) is 83.2. The molecule has 1 aliphatic carbocycles. The Bertz CT molecular complexity index is 4680. The summed E-state index contributed by atoms with van der Waals surface area (Å²) in [6, 6.07) is 41.0. The quantitative estimate of drug-likeness (QED) is 0.00873. The van der Waals surface area contributed by atoms with Gasteiger partial charge in [0.2, 0.25) is 11.0 Å². The molecule has 36 heteroatoms. The molecule has 478 valence electrons. The van der Waals surface area contributed by atoms with Crippen LogP contribution in [0.25, 0.3) is 33.4 Å². The molecule has 1 aliphatic heterocycles. The van der Waals surface area contributed by atoms with Crippen LogP contribution >= 0.6 is 0 Å². The Labute approximate surface area is 667 Å². The van der Waals surface area contributed by atoms with Crippen LogP contribution in [-0.4, -0.2) is 75.4 Å². The number of nitrogen functional groups attached to an aromatic ring is 1. The maximum absolute atomic E-state index is 13.3. The van der Waals surface area contributed by atoms with E-state index < -0.39 is 58.7 Å². The molecule has 0 radical (unpaired) electrons. The van der Waals surface area contributed by atoms with Crippen molar-refractivity contribution >= 4 is 124 Å². The Morgan fingerprint density at radius 2 is 1.12 bits per heavy atom. The van der Waals surface area contributed by atoms with E-state index in [1.54, 1.807) is 57.2 Å². The second-order valence-electron chi connectivity index (χ2n) is 18.7. The third-order valence-electron chi connectivity index (χ3n) is 12.5. The van der Waals surface area contributed by atoms with Gasteiger partial charge in [0.1, 0.15) is 30.9 Å². The van der Waals surface area contributed by atoms with Crippen molar-refractivity contribution in [1.82, 2.24) is 0 Å². The van der Waals surface area contributed by atoms with Gasteiger partial charge in [-0.1, -0.05) is 76.9 Å². The monoisotopic (exact) mass is 1430 g/mol. The van der Waals surface area contributed by atoms with Crippen molar-refractivity contribution in [3.05, 3.63) is 196 Å². The Kier molecular flexibility index (Phi) is 42.4. The zero-order valence-electron chi connectivity index (χ0n) is 53.7. The second kappa shape index (κ2) is 44.5. The van der Waals surface area contributed by atoms with Gasteiger partial charge in [-0.05, 0) is 117 Å². The molecule has 9 rings (SSSR count). The number of carbonyl (C=O) groups is 4. The maximum atomic E-state index is 13.3. The van der Waals surface area contributed by atoms with Crippen LogP contribution in [0, 0.1) is 53.7 Å². The number of nitrogens with one attached hydrogen (secondary N) is 6. The molecule has 0 unspecified atom stereocenters. The van der Waals surface area contributed by atoms with E-state index in [4.69, 9.17) is 52.0 Å². The predicted octanol–water partition coefficient (Wildman–Crippen LogP) is -10.3. The largest absolute Gasteiger partial charge is 1.00 e. The fourth-order valence-electron chi connectivity index (χ4n) is 9.02. The van der Waals surface area contributed by atoms with Gasteiger partial charge in [0, 0.05) is 39.3 Å². The number of carbonyl (C=O) groups excluding carboxylic acids is 8. The van der Waals surface area contributed by atoms with Crippen LogP contribution in [0.5, 0.6) is 0 Å². The van der Waals surface area contributed by atoms with Crippen molar-refractivity contribution in [3.8, 4) is 22.5 Å². The zero-order valence-corrected chi connectivity index (χ0v) is 66.2. The fraction of sp³-hybridized carbons (Fsp3) is 0.0984. The topological polar surface area (TPSA) is 471 Å². The first kappa shape index (κ1) is 92.5. The van der Waals surface area contributed by atoms with Crippen molar-refractivity contribution in [2.75, 3.05) is 32.3 Å². The van der Waals surface area contributed by atoms with Gasteiger partial charge in [0.05, 0.1) is 28.3 Å². The van der Waals surface area contributed by atoms with Crippen LogP contribution in [0.1, 0.15) is 43.7 Å². The number of fused-ring (bicyclic) bond motifs is 2. The molecule has 0 aromatic heterocycles. The van der Waals surface area contributed by atoms with Gasteiger partial charge in [0.15, 0.2) is 0 Å². The second-order valence-corrected chi connectivity index (χ2v) is 21.8. The van der Waals surface area contributed by atoms with E-state index in [9.17, 15) is 45.4 Å². The molecule has 8 N–H and O–H groups in total. The summed E-state index contributed by atoms with van der Waals surface area (Å²) in [6.45, 7) is 10.5. The number of nitrogens with two attached hydrogens (primary N) is 1. The fourth-order valence-corrected chi connectivity index (χ4v) is 10.3. The van der Waals surface area contributed by atoms with Crippen molar-refractivity contribution in [2.24, 2.45) is 0 Å². The van der Waals surface area contributed by atoms with Crippen molar-refractivity contribution in [2.45, 2.75) is 51.3 Å². The van der Waals surface area contributed by atoms with Gasteiger partial charge in [0.25, 0.3) is 6.47 Å². The average molecular weight is 1430 g/mol. The van der Waals surface area contributed by atoms with Gasteiger partial charge >= 0.3 is 183 Å². The zero-order chi connectivity index (χ0) is 68.6. The third-order valence-corrected chi connectivity index (χ3v) is 14.3. The standard InChI is InChI=1S/C52H44N6O11S2.C6H7N.CH2O3.2CO2.5Na.O3S/c1-27-21-29(3)48(57-51(61)54-34-14-8-7-9-15-34)31(5)46(27)53-36-19-20-37-41(24-36)69-42-26-40(44(71(66,67)68)25-39(42)45(37)38-17-10-11-18-43(38)70(63,64)65)56-47-28(2)22-30(4)49(32(47)6)58-52(62)55-35-16-12-13-33(23-35)50(59)60;7-6-4-2-1-3-5-6;2-1-4-3;2*2-1-3;;;;;;1-4(2)3/h7-8,10-18,20-26,53H,1-6H3,(H,59,60)(H2,54,57,61)(H2,55,58,62)(H,63,64,65)(H,66,67,68);1-5H,7H2;1,3H;;;;;;;;/q-2;;;;;5*+1;/p-3. The number of hydrogen-bond acceptors (Lipinski definition) is 23. The SMILES string of the molecule is Cc1cc(C)c(Nc2[c-]cc3c(-c4ccccc4S(=O)(=O)[O-])c4cc(S(=O)(=O)[O-])c(=[NH+]c5c(C)cc(C)c(NC(=O)Nc6cccc(C(=O)[O-])c6)c5C)cc-4oc3c2)c(C)c1NC(=O)Nc1c[c-]ccc1.Nc1ccccc1.O=C=O.O=C=O.O=CO[O-].O=S(=O)=O.[Na+].[Na+].[Na+].[Na+].[Na+]. The van der Waals surface area contributed by atoms with Crippen molar-refractivity contribution in [1.29, 1.82) is 0 Å². The molecule has 2 aliphatic rings. The molecular formula is C61H50N7Na5O21S3. The van der Waals surface area contributed by atoms with Gasteiger partial charge in [-0.2, -0.15) is 55.6 Å². The van der Waals surface area contributed by atoms with Crippen molar-refractivity contribution < 1.29 is 249 Å². The molecule has 0 spiro atoms. The number of hydrogen-bond donors (Lipinski definition) is 7. The minimum Gasteiger partial charge on any atom is -0.744 e. The summed E-state index contributed by atoms with van der Waals surface area (Å²) < 4.78 is 110. The summed E-state index contributed by atoms with van der Waals surface area (Å²) >= 11 is 0. The predicted molar refractivity (Wildman–Crippen MR) is 320 cm³/mol. The number of benzene rings is 8. The van der Waals surface area contributed by atoms with Crippen LogP contribution in [-0.2, 0) is 59.7 Å². The summed E-state index contributed by atoms with van der Waals surface area (Å²) in [7, 11) is -13.6. The first-order chi connectivity index (χ1) is 43.4. The number of aryl methyl sites for hydroxylation is 4. The molecule has 97 heavy (non-hydrogen) atoms. The van der Waals surface area contributed by atoms with Gasteiger partial charge in [-0.3, -0.25) is 4.79 Å². The molecule has 28 nitrogen and oxygen atoms in total. The van der Waals surface area contributed by atoms with E-state index in [1.165, 1.54) is 54.6 Å². The molecular weight excluding hydrogens is 1380 g/mol. The van der Waals surface area contributed by atoms with Crippen molar-refractivity contribution in [3.63, 3.8) is 0 Å². The molecule has 0 bridgehead atoms. The Morgan fingerprint density at radius 1 is 0.619 bits per heavy atom. The minimum absolute atomic E-state index is 0. The molecule has 1 heterocycles. The van der Waals surface area contributed by atoms with Crippen LogP contribution in [0.4, 0.5) is 55.1 Å². The first-order valence-electron chi connectivity index (χ1n) is 25.7. The van der Waals surface area contributed by atoms with Gasteiger partial charge in [-0.25, -0.2) is 31.4 Å². The van der Waals surface area contributed by atoms with Crippen LogP contribution in [0.2, 0.25) is 0 Å². The smallest absolute Gasteiger partial charge is 0.744 e. The summed E-state index contributed by atoms with van der Waals surface area (Å²) in [5, 5.41) is 34.2. The molecule has 0 fully saturated rings. The first-order valence-corrected chi connectivity index (χ1v) is 29.5. The number of aromatic carboxylic acids is 1. The summed E-state index contributed by atoms with van der Waals surface area (Å²) in [5.74, 6) is -1.47. The molecule has 0 atom stereocenters. The third kappa shape index (κ3) is 28.0. The minimum atomic E-state index is -5.33. The number of para-hydroxylation sites is 1. The molecule has 7 aromatic rings. The normalized spacial score (nSPS) is 9.97. The van der Waals surface area contributed by atoms with E-state index in [2.05, 4.69) is 48.6 Å². The maximum Gasteiger partial charge on any atom is 1.00 e. The van der Waals surface area contributed by atoms with E-state index in [0.29, 0.717) is 56.4 Å². The van der Waals surface area contributed by atoms with Gasteiger partial charge < -0.3 is 65.9 Å². The number of carboxylic acid groups (broad SMARTS) is 1. The average Bonchev–Trinajstić information content (AvgIpc) is 0.734. The number of anilines is 7. The Morgan fingerprint density at radius 3 is 1.63 bits per heavy atom. The Hall–Kier alpha value is -6.53.